The van der Waals surface area contributed by atoms with E-state index >= 15 is 0 Å². The first-order valence-electron chi connectivity index (χ1n) is 8.30. The Morgan fingerprint density at radius 3 is 2.57 bits per heavy atom. The van der Waals surface area contributed by atoms with Crippen LogP contribution in [0.4, 0.5) is 5.69 Å². The molecular weight excluding hydrogens is 421 g/mol. The number of nitrogens with one attached hydrogen (secondary N) is 1. The van der Waals surface area contributed by atoms with Gasteiger partial charge in [0.05, 0.1) is 15.8 Å². The van der Waals surface area contributed by atoms with Crippen molar-refractivity contribution in [2.75, 3.05) is 11.1 Å². The van der Waals surface area contributed by atoms with E-state index in [2.05, 4.69) is 21.6 Å². The predicted octanol–water partition coefficient (Wildman–Crippen LogP) is 5.30. The first kappa shape index (κ1) is 20.5. The van der Waals surface area contributed by atoms with Crippen LogP contribution in [0.5, 0.6) is 5.75 Å². The number of benzene rings is 2. The summed E-state index contributed by atoms with van der Waals surface area (Å²) in [7, 11) is 0. The molecule has 0 saturated carbocycles. The highest BCUT2D eigenvalue weighted by Crippen LogP contribution is 2.25. The summed E-state index contributed by atoms with van der Waals surface area (Å²) >= 11 is 12.9. The Balaban J connectivity index is 1.48. The molecule has 1 aromatic heterocycles. The van der Waals surface area contributed by atoms with Crippen LogP contribution in [0.3, 0.4) is 0 Å². The first-order valence-corrected chi connectivity index (χ1v) is 10.0. The molecule has 0 aliphatic rings. The molecule has 3 aromatic rings. The smallest absolute Gasteiger partial charge is 0.277 e. The van der Waals surface area contributed by atoms with E-state index in [4.69, 9.17) is 32.4 Å². The van der Waals surface area contributed by atoms with Crippen molar-refractivity contribution in [3.63, 3.8) is 0 Å². The summed E-state index contributed by atoms with van der Waals surface area (Å²) in [5, 5.41) is 11.7. The third-order valence-electron chi connectivity index (χ3n) is 3.54. The summed E-state index contributed by atoms with van der Waals surface area (Å²) < 4.78 is 11.2. The second-order valence-electron chi connectivity index (χ2n) is 6.04. The minimum absolute atomic E-state index is 0.111. The van der Waals surface area contributed by atoms with Crippen LogP contribution < -0.4 is 10.1 Å². The number of hydrogen-bond donors (Lipinski definition) is 1. The van der Waals surface area contributed by atoms with Crippen LogP contribution >= 0.6 is 35.0 Å². The van der Waals surface area contributed by atoms with Crippen LogP contribution in [0.15, 0.2) is 46.0 Å². The Hall–Kier alpha value is -2.22. The number of carbonyl (C=O) groups excluding carboxylic acids is 1. The van der Waals surface area contributed by atoms with Crippen LogP contribution in [0.2, 0.25) is 10.0 Å². The second kappa shape index (κ2) is 9.32. The van der Waals surface area contributed by atoms with Gasteiger partial charge in [-0.1, -0.05) is 41.0 Å². The van der Waals surface area contributed by atoms with Crippen molar-refractivity contribution in [3.05, 3.63) is 63.5 Å². The molecule has 9 heteroatoms. The summed E-state index contributed by atoms with van der Waals surface area (Å²) in [5.41, 5.74) is 2.79. The van der Waals surface area contributed by atoms with Crippen molar-refractivity contribution in [2.45, 2.75) is 25.7 Å². The molecule has 0 radical (unpaired) electrons. The lowest BCUT2D eigenvalue weighted by Crippen LogP contribution is -2.13. The maximum absolute atomic E-state index is 12.0. The van der Waals surface area contributed by atoms with Crippen LogP contribution in [0, 0.1) is 13.8 Å². The first-order chi connectivity index (χ1) is 13.4. The Bertz CT molecular complexity index is 974. The summed E-state index contributed by atoms with van der Waals surface area (Å²) in [5.74, 6) is 0.965. The minimum atomic E-state index is -0.227. The molecule has 0 aliphatic carbocycles. The van der Waals surface area contributed by atoms with Crippen LogP contribution in [0.1, 0.15) is 17.0 Å². The fourth-order valence-electron chi connectivity index (χ4n) is 2.41. The monoisotopic (exact) mass is 437 g/mol. The van der Waals surface area contributed by atoms with Gasteiger partial charge < -0.3 is 14.5 Å². The molecule has 0 saturated heterocycles. The maximum atomic E-state index is 12.0. The SMILES string of the molecule is Cc1cc(C)cc(OCc2nnc(SCC(=O)Nc3ccc(Cl)c(Cl)c3)o2)c1. The number of ether oxygens (including phenoxy) is 1. The Labute approximate surface area is 176 Å². The lowest BCUT2D eigenvalue weighted by Gasteiger charge is -2.06. The highest BCUT2D eigenvalue weighted by Gasteiger charge is 2.11. The molecule has 1 heterocycles. The number of nitrogens with zero attached hydrogens (tertiary/aromatic N) is 2. The van der Waals surface area contributed by atoms with Gasteiger partial charge in [-0.05, 0) is 55.3 Å². The van der Waals surface area contributed by atoms with E-state index in [1.54, 1.807) is 18.2 Å². The molecule has 1 amide bonds. The number of aromatic nitrogens is 2. The molecule has 0 spiro atoms. The van der Waals surface area contributed by atoms with E-state index in [1.807, 2.05) is 26.0 Å². The summed E-state index contributed by atoms with van der Waals surface area (Å²) in [4.78, 5) is 12.0. The average Bonchev–Trinajstić information content (AvgIpc) is 3.09. The lowest BCUT2D eigenvalue weighted by atomic mass is 10.1. The van der Waals surface area contributed by atoms with Gasteiger partial charge in [-0.25, -0.2) is 0 Å². The zero-order valence-corrected chi connectivity index (χ0v) is 17.5. The topological polar surface area (TPSA) is 77.2 Å². The fourth-order valence-corrected chi connectivity index (χ4v) is 3.29. The van der Waals surface area contributed by atoms with E-state index in [-0.39, 0.29) is 18.3 Å². The number of aryl methyl sites for hydroxylation is 2. The van der Waals surface area contributed by atoms with E-state index < -0.39 is 0 Å². The van der Waals surface area contributed by atoms with Crippen molar-refractivity contribution in [1.29, 1.82) is 0 Å². The van der Waals surface area contributed by atoms with Crippen LogP contribution in [-0.2, 0) is 11.4 Å². The van der Waals surface area contributed by atoms with Gasteiger partial charge in [-0.15, -0.1) is 10.2 Å². The summed E-state index contributed by atoms with van der Waals surface area (Å²) in [6, 6.07) is 10.8. The minimum Gasteiger partial charge on any atom is -0.484 e. The number of thioether (sulfide) groups is 1. The molecule has 0 fully saturated rings. The maximum Gasteiger partial charge on any atom is 0.277 e. The van der Waals surface area contributed by atoms with Gasteiger partial charge in [0.25, 0.3) is 11.1 Å². The number of amides is 1. The standard InChI is InChI=1S/C19H17Cl2N3O3S/c1-11-5-12(2)7-14(6-11)26-9-18-23-24-19(27-18)28-10-17(25)22-13-3-4-15(20)16(21)8-13/h3-8H,9-10H2,1-2H3,(H,22,25). The molecule has 3 rings (SSSR count). The Morgan fingerprint density at radius 1 is 1.11 bits per heavy atom. The van der Waals surface area contributed by atoms with Gasteiger partial charge in [0, 0.05) is 5.69 Å². The number of rotatable bonds is 7. The van der Waals surface area contributed by atoms with Crippen molar-refractivity contribution in [1.82, 2.24) is 10.2 Å². The molecule has 0 unspecified atom stereocenters. The van der Waals surface area contributed by atoms with E-state index in [1.165, 1.54) is 0 Å². The number of carbonyl (C=O) groups is 1. The molecule has 2 aromatic carbocycles. The highest BCUT2D eigenvalue weighted by molar-refractivity contribution is 7.99. The van der Waals surface area contributed by atoms with Crippen molar-refractivity contribution in [2.24, 2.45) is 0 Å². The van der Waals surface area contributed by atoms with E-state index in [9.17, 15) is 4.79 Å². The molecule has 146 valence electrons. The fraction of sp³-hybridized carbons (Fsp3) is 0.211. The predicted molar refractivity (Wildman–Crippen MR) is 110 cm³/mol. The zero-order chi connectivity index (χ0) is 20.1. The quantitative estimate of drug-likeness (QED) is 0.505. The molecule has 0 bridgehead atoms. The Kier molecular flexibility index (Phi) is 6.83. The van der Waals surface area contributed by atoms with Gasteiger partial charge >= 0.3 is 0 Å². The van der Waals surface area contributed by atoms with Gasteiger partial charge in [0.1, 0.15) is 5.75 Å². The van der Waals surface area contributed by atoms with E-state index in [0.717, 1.165) is 28.6 Å². The average molecular weight is 438 g/mol. The molecule has 0 atom stereocenters. The Morgan fingerprint density at radius 2 is 1.86 bits per heavy atom. The molecule has 6 nitrogen and oxygen atoms in total. The molecule has 28 heavy (non-hydrogen) atoms. The third kappa shape index (κ3) is 5.89. The van der Waals surface area contributed by atoms with Gasteiger partial charge in [-0.2, -0.15) is 0 Å². The van der Waals surface area contributed by atoms with Crippen LogP contribution in [-0.4, -0.2) is 21.9 Å². The second-order valence-corrected chi connectivity index (χ2v) is 7.78. The molecule has 0 aliphatic heterocycles. The number of halogens is 2. The van der Waals surface area contributed by atoms with Crippen molar-refractivity contribution >= 4 is 46.6 Å². The lowest BCUT2D eigenvalue weighted by molar-refractivity contribution is -0.113. The van der Waals surface area contributed by atoms with Crippen molar-refractivity contribution in [3.8, 4) is 5.75 Å². The largest absolute Gasteiger partial charge is 0.484 e. The summed E-state index contributed by atoms with van der Waals surface area (Å²) in [6.45, 7) is 4.17. The van der Waals surface area contributed by atoms with Gasteiger partial charge in [-0.3, -0.25) is 4.79 Å². The van der Waals surface area contributed by atoms with Crippen LogP contribution in [0.25, 0.3) is 0 Å². The van der Waals surface area contributed by atoms with Gasteiger partial charge in [0.15, 0.2) is 6.61 Å². The molecular formula is C19H17Cl2N3O3S. The zero-order valence-electron chi connectivity index (χ0n) is 15.2. The molecule has 1 N–H and O–H groups in total. The third-order valence-corrected chi connectivity index (χ3v) is 5.09. The highest BCUT2D eigenvalue weighted by atomic mass is 35.5. The normalized spacial score (nSPS) is 10.7. The summed E-state index contributed by atoms with van der Waals surface area (Å²) in [6.07, 6.45) is 0. The number of hydrogen-bond acceptors (Lipinski definition) is 6. The van der Waals surface area contributed by atoms with Crippen molar-refractivity contribution < 1.29 is 13.9 Å². The number of anilines is 1. The van der Waals surface area contributed by atoms with E-state index in [0.29, 0.717) is 26.8 Å². The van der Waals surface area contributed by atoms with Gasteiger partial charge in [0.2, 0.25) is 5.91 Å².